The van der Waals surface area contributed by atoms with Crippen molar-refractivity contribution in [1.82, 2.24) is 29.1 Å². The molecule has 0 radical (unpaired) electrons. The molecule has 8 nitrogen and oxygen atoms in total. The first kappa shape index (κ1) is 14.3. The van der Waals surface area contributed by atoms with Gasteiger partial charge in [-0.25, -0.2) is 13.4 Å². The van der Waals surface area contributed by atoms with Crippen molar-refractivity contribution in [3.8, 4) is 0 Å². The second-order valence-corrected chi connectivity index (χ2v) is 7.49. The fraction of sp³-hybridized carbons (Fsp3) is 0.357. The standard InChI is InChI=1S/C14H16N6O2S/c21-23(22,13-9-18-20-12(13)4-1-5-17-20)19-8-2-3-11(10-19)14-15-6-7-16-14/h1,4-7,9,11H,2-3,8,10H2,(H,15,16). The molecule has 1 unspecified atom stereocenters. The highest BCUT2D eigenvalue weighted by Gasteiger charge is 2.33. The third kappa shape index (κ3) is 2.41. The molecule has 9 heteroatoms. The Morgan fingerprint density at radius 1 is 1.26 bits per heavy atom. The second-order valence-electron chi connectivity index (χ2n) is 5.58. The van der Waals surface area contributed by atoms with Crippen molar-refractivity contribution in [3.63, 3.8) is 0 Å². The summed E-state index contributed by atoms with van der Waals surface area (Å²) in [5.41, 5.74) is 0.493. The van der Waals surface area contributed by atoms with E-state index >= 15 is 0 Å². The fourth-order valence-electron chi connectivity index (χ4n) is 3.03. The molecule has 0 spiro atoms. The SMILES string of the molecule is O=S(=O)(c1cnn2ncccc12)N1CCCC(c2ncc[nH]2)C1. The summed E-state index contributed by atoms with van der Waals surface area (Å²) >= 11 is 0. The Morgan fingerprint density at radius 3 is 3.00 bits per heavy atom. The van der Waals surface area contributed by atoms with Gasteiger partial charge in [-0.05, 0) is 25.0 Å². The van der Waals surface area contributed by atoms with Gasteiger partial charge in [0.1, 0.15) is 16.2 Å². The van der Waals surface area contributed by atoms with Crippen LogP contribution in [0.25, 0.3) is 5.52 Å². The number of hydrogen-bond acceptors (Lipinski definition) is 5. The summed E-state index contributed by atoms with van der Waals surface area (Å²) in [6, 6.07) is 3.42. The number of fused-ring (bicyclic) bond motifs is 1. The molecule has 0 aromatic carbocycles. The maximum atomic E-state index is 13.0. The molecule has 3 aromatic rings. The van der Waals surface area contributed by atoms with Gasteiger partial charge in [0.15, 0.2) is 0 Å². The van der Waals surface area contributed by atoms with E-state index in [1.165, 1.54) is 15.1 Å². The third-order valence-corrected chi connectivity index (χ3v) is 6.06. The molecule has 0 saturated carbocycles. The maximum Gasteiger partial charge on any atom is 0.246 e. The van der Waals surface area contributed by atoms with Gasteiger partial charge in [0.05, 0.1) is 6.20 Å². The van der Waals surface area contributed by atoms with E-state index in [1.54, 1.807) is 30.7 Å². The van der Waals surface area contributed by atoms with Crippen molar-refractivity contribution in [1.29, 1.82) is 0 Å². The zero-order chi connectivity index (χ0) is 15.9. The molecule has 1 fully saturated rings. The number of rotatable bonds is 3. The first-order valence-electron chi connectivity index (χ1n) is 7.45. The van der Waals surface area contributed by atoms with Crippen LogP contribution in [0.15, 0.2) is 41.8 Å². The van der Waals surface area contributed by atoms with Crippen LogP contribution in [0.4, 0.5) is 0 Å². The predicted molar refractivity (Wildman–Crippen MR) is 82.3 cm³/mol. The minimum absolute atomic E-state index is 0.0912. The predicted octanol–water partition coefficient (Wildman–Crippen LogP) is 1.02. The number of aromatic nitrogens is 5. The molecule has 1 N–H and O–H groups in total. The normalized spacial score (nSPS) is 20.1. The van der Waals surface area contributed by atoms with Gasteiger partial charge >= 0.3 is 0 Å². The molecular formula is C14H16N6O2S. The minimum Gasteiger partial charge on any atom is -0.348 e. The van der Waals surface area contributed by atoms with Crippen molar-refractivity contribution in [3.05, 3.63) is 42.7 Å². The molecule has 0 aliphatic carbocycles. The highest BCUT2D eigenvalue weighted by Crippen LogP contribution is 2.29. The molecule has 1 aliphatic rings. The Labute approximate surface area is 133 Å². The number of imidazole rings is 1. The van der Waals surface area contributed by atoms with Crippen molar-refractivity contribution >= 4 is 15.5 Å². The fourth-order valence-corrected chi connectivity index (χ4v) is 4.65. The zero-order valence-electron chi connectivity index (χ0n) is 12.3. The molecule has 1 aliphatic heterocycles. The van der Waals surface area contributed by atoms with Gasteiger partial charge in [0, 0.05) is 37.6 Å². The van der Waals surface area contributed by atoms with Crippen molar-refractivity contribution in [2.24, 2.45) is 0 Å². The van der Waals surface area contributed by atoms with Gasteiger partial charge in [-0.3, -0.25) is 0 Å². The van der Waals surface area contributed by atoms with Crippen LogP contribution in [-0.4, -0.2) is 50.6 Å². The van der Waals surface area contributed by atoms with Crippen LogP contribution in [0, 0.1) is 0 Å². The molecular weight excluding hydrogens is 316 g/mol. The van der Waals surface area contributed by atoms with E-state index < -0.39 is 10.0 Å². The topological polar surface area (TPSA) is 96.2 Å². The van der Waals surface area contributed by atoms with E-state index in [-0.39, 0.29) is 10.8 Å². The highest BCUT2D eigenvalue weighted by atomic mass is 32.2. The Kier molecular flexibility index (Phi) is 3.38. The number of piperidine rings is 1. The molecule has 0 bridgehead atoms. The Hall–Kier alpha value is -2.26. The van der Waals surface area contributed by atoms with E-state index in [0.29, 0.717) is 18.6 Å². The van der Waals surface area contributed by atoms with Crippen molar-refractivity contribution in [2.45, 2.75) is 23.7 Å². The van der Waals surface area contributed by atoms with Gasteiger partial charge in [-0.15, -0.1) is 0 Å². The monoisotopic (exact) mass is 332 g/mol. The summed E-state index contributed by atoms with van der Waals surface area (Å²) in [7, 11) is -3.60. The van der Waals surface area contributed by atoms with Gasteiger partial charge in [-0.1, -0.05) is 0 Å². The minimum atomic E-state index is -3.60. The van der Waals surface area contributed by atoms with Crippen molar-refractivity contribution < 1.29 is 8.42 Å². The third-order valence-electron chi connectivity index (χ3n) is 4.18. The maximum absolute atomic E-state index is 13.0. The van der Waals surface area contributed by atoms with Gasteiger partial charge in [0.25, 0.3) is 0 Å². The molecule has 0 amide bonds. The molecule has 4 heterocycles. The van der Waals surface area contributed by atoms with Crippen molar-refractivity contribution in [2.75, 3.05) is 13.1 Å². The average molecular weight is 332 g/mol. The first-order valence-corrected chi connectivity index (χ1v) is 8.89. The first-order chi connectivity index (χ1) is 11.2. The summed E-state index contributed by atoms with van der Waals surface area (Å²) in [4.78, 5) is 7.55. The molecule has 23 heavy (non-hydrogen) atoms. The van der Waals surface area contributed by atoms with E-state index in [9.17, 15) is 8.42 Å². The van der Waals surface area contributed by atoms with E-state index in [4.69, 9.17) is 0 Å². The van der Waals surface area contributed by atoms with Crippen LogP contribution in [-0.2, 0) is 10.0 Å². The number of nitrogens with one attached hydrogen (secondary N) is 1. The lowest BCUT2D eigenvalue weighted by Crippen LogP contribution is -2.39. The smallest absolute Gasteiger partial charge is 0.246 e. The summed E-state index contributed by atoms with van der Waals surface area (Å²) in [5, 5.41) is 8.05. The van der Waals surface area contributed by atoms with Crippen LogP contribution in [0.1, 0.15) is 24.6 Å². The summed E-state index contributed by atoms with van der Waals surface area (Å²) in [5.74, 6) is 0.930. The molecule has 1 saturated heterocycles. The van der Waals surface area contributed by atoms with Gasteiger partial charge in [-0.2, -0.15) is 19.1 Å². The molecule has 3 aromatic heterocycles. The molecule has 4 rings (SSSR count). The molecule has 120 valence electrons. The lowest BCUT2D eigenvalue weighted by Gasteiger charge is -2.30. The van der Waals surface area contributed by atoms with E-state index in [0.717, 1.165) is 18.7 Å². The Balaban J connectivity index is 1.68. The zero-order valence-corrected chi connectivity index (χ0v) is 13.1. The van der Waals surface area contributed by atoms with E-state index in [1.807, 2.05) is 0 Å². The summed E-state index contributed by atoms with van der Waals surface area (Å²) in [6.07, 6.45) is 8.13. The second kappa shape index (κ2) is 5.43. The van der Waals surface area contributed by atoms with Crippen LogP contribution >= 0.6 is 0 Å². The van der Waals surface area contributed by atoms with Crippen LogP contribution < -0.4 is 0 Å². The van der Waals surface area contributed by atoms with Gasteiger partial charge < -0.3 is 4.98 Å². The van der Waals surface area contributed by atoms with Crippen LogP contribution in [0.5, 0.6) is 0 Å². The van der Waals surface area contributed by atoms with Crippen LogP contribution in [0.3, 0.4) is 0 Å². The largest absolute Gasteiger partial charge is 0.348 e. The van der Waals surface area contributed by atoms with Gasteiger partial charge in [0.2, 0.25) is 10.0 Å². The Morgan fingerprint density at radius 2 is 2.17 bits per heavy atom. The summed E-state index contributed by atoms with van der Waals surface area (Å²) < 4.78 is 28.8. The lowest BCUT2D eigenvalue weighted by atomic mass is 9.99. The quantitative estimate of drug-likeness (QED) is 0.772. The average Bonchev–Trinajstić information content (AvgIpc) is 3.25. The number of hydrogen-bond donors (Lipinski definition) is 1. The van der Waals surface area contributed by atoms with Crippen LogP contribution in [0.2, 0.25) is 0 Å². The van der Waals surface area contributed by atoms with E-state index in [2.05, 4.69) is 20.2 Å². The molecule has 1 atom stereocenters. The lowest BCUT2D eigenvalue weighted by molar-refractivity contribution is 0.310. The number of aromatic amines is 1. The highest BCUT2D eigenvalue weighted by molar-refractivity contribution is 7.89. The number of nitrogens with zero attached hydrogens (tertiary/aromatic N) is 5. The Bertz CT molecular complexity index is 918. The number of sulfonamides is 1. The summed E-state index contributed by atoms with van der Waals surface area (Å²) in [6.45, 7) is 0.935. The number of H-pyrrole nitrogens is 1.